The van der Waals surface area contributed by atoms with Crippen LogP contribution in [0.3, 0.4) is 0 Å². The van der Waals surface area contributed by atoms with Crippen LogP contribution in [0.1, 0.15) is 17.2 Å². The molecule has 0 bridgehead atoms. The van der Waals surface area contributed by atoms with Gasteiger partial charge in [-0.3, -0.25) is 4.90 Å². The molecule has 0 saturated heterocycles. The van der Waals surface area contributed by atoms with Gasteiger partial charge in [0.25, 0.3) is 0 Å². The standard InChI is InChI=1S/C17H16ClFN2/c1-21(2)17(11-6-3-4-8-14(11)19)12-10-20-15-9-5-7-13(18)16(12)15/h3-10,17,20H,1-2H3. The van der Waals surface area contributed by atoms with Gasteiger partial charge in [0.05, 0.1) is 11.1 Å². The van der Waals surface area contributed by atoms with Crippen molar-refractivity contribution < 1.29 is 4.39 Å². The highest BCUT2D eigenvalue weighted by atomic mass is 35.5. The van der Waals surface area contributed by atoms with E-state index in [1.807, 2.05) is 55.5 Å². The average molecular weight is 303 g/mol. The van der Waals surface area contributed by atoms with Gasteiger partial charge in [0.2, 0.25) is 0 Å². The Kier molecular flexibility index (Phi) is 3.70. The van der Waals surface area contributed by atoms with Crippen LogP contribution in [0, 0.1) is 5.82 Å². The van der Waals surface area contributed by atoms with Gasteiger partial charge in [0.1, 0.15) is 5.82 Å². The molecule has 2 nitrogen and oxygen atoms in total. The summed E-state index contributed by atoms with van der Waals surface area (Å²) in [5, 5.41) is 1.62. The molecule has 1 N–H and O–H groups in total. The van der Waals surface area contributed by atoms with Gasteiger partial charge in [-0.25, -0.2) is 4.39 Å². The minimum absolute atomic E-state index is 0.195. The van der Waals surface area contributed by atoms with E-state index in [1.165, 1.54) is 6.07 Å². The van der Waals surface area contributed by atoms with E-state index >= 15 is 0 Å². The third-order valence-electron chi connectivity index (χ3n) is 3.70. The first kappa shape index (κ1) is 14.1. The van der Waals surface area contributed by atoms with Crippen LogP contribution in [0.5, 0.6) is 0 Å². The number of fused-ring (bicyclic) bond motifs is 1. The van der Waals surface area contributed by atoms with E-state index in [4.69, 9.17) is 11.6 Å². The van der Waals surface area contributed by atoms with Crippen LogP contribution in [0.2, 0.25) is 5.02 Å². The van der Waals surface area contributed by atoms with Gasteiger partial charge >= 0.3 is 0 Å². The number of halogens is 2. The minimum atomic E-state index is -0.211. The highest BCUT2D eigenvalue weighted by Crippen LogP contribution is 2.36. The van der Waals surface area contributed by atoms with Gasteiger partial charge in [0, 0.05) is 28.2 Å². The molecule has 0 aliphatic carbocycles. The maximum absolute atomic E-state index is 14.2. The van der Waals surface area contributed by atoms with Crippen molar-refractivity contribution in [1.29, 1.82) is 0 Å². The van der Waals surface area contributed by atoms with Crippen molar-refractivity contribution >= 4 is 22.5 Å². The van der Waals surface area contributed by atoms with Crippen LogP contribution >= 0.6 is 11.6 Å². The highest BCUT2D eigenvalue weighted by Gasteiger charge is 2.23. The molecule has 0 aliphatic rings. The molecule has 108 valence electrons. The van der Waals surface area contributed by atoms with E-state index < -0.39 is 0 Å². The zero-order chi connectivity index (χ0) is 15.0. The molecule has 0 radical (unpaired) electrons. The first-order valence-electron chi connectivity index (χ1n) is 6.76. The molecule has 3 rings (SSSR count). The number of rotatable bonds is 3. The number of benzene rings is 2. The van der Waals surface area contributed by atoms with Gasteiger partial charge < -0.3 is 4.98 Å². The predicted octanol–water partition coefficient (Wildman–Crippen LogP) is 4.61. The SMILES string of the molecule is CN(C)C(c1ccccc1F)c1c[nH]c2cccc(Cl)c12. The summed E-state index contributed by atoms with van der Waals surface area (Å²) in [6, 6.07) is 12.4. The maximum atomic E-state index is 14.2. The Labute approximate surface area is 128 Å². The molecule has 2 aromatic carbocycles. The smallest absolute Gasteiger partial charge is 0.128 e. The molecule has 0 spiro atoms. The Balaban J connectivity index is 2.24. The summed E-state index contributed by atoms with van der Waals surface area (Å²) in [6.07, 6.45) is 1.91. The summed E-state index contributed by atoms with van der Waals surface area (Å²) in [5.41, 5.74) is 2.58. The fourth-order valence-electron chi connectivity index (χ4n) is 2.80. The molecule has 0 aliphatic heterocycles. The van der Waals surface area contributed by atoms with Crippen molar-refractivity contribution in [1.82, 2.24) is 9.88 Å². The summed E-state index contributed by atoms with van der Waals surface area (Å²) < 4.78 is 14.2. The van der Waals surface area contributed by atoms with Crippen molar-refractivity contribution in [3.8, 4) is 0 Å². The zero-order valence-electron chi connectivity index (χ0n) is 11.9. The van der Waals surface area contributed by atoms with Gasteiger partial charge in [-0.2, -0.15) is 0 Å². The van der Waals surface area contributed by atoms with Crippen LogP contribution in [-0.4, -0.2) is 24.0 Å². The topological polar surface area (TPSA) is 19.0 Å². The fourth-order valence-corrected chi connectivity index (χ4v) is 3.09. The molecule has 1 atom stereocenters. The fraction of sp³-hybridized carbons (Fsp3) is 0.176. The van der Waals surface area contributed by atoms with E-state index in [2.05, 4.69) is 4.98 Å². The van der Waals surface area contributed by atoms with Gasteiger partial charge in [-0.05, 0) is 32.3 Å². The van der Waals surface area contributed by atoms with Crippen molar-refractivity contribution in [3.05, 3.63) is 70.6 Å². The molecule has 0 saturated carbocycles. The van der Waals surface area contributed by atoms with Crippen molar-refractivity contribution in [3.63, 3.8) is 0 Å². The third-order valence-corrected chi connectivity index (χ3v) is 4.01. The van der Waals surface area contributed by atoms with Crippen molar-refractivity contribution in [2.75, 3.05) is 14.1 Å². The molecule has 1 aromatic heterocycles. The number of hydrogen-bond donors (Lipinski definition) is 1. The summed E-state index contributed by atoms with van der Waals surface area (Å²) in [4.78, 5) is 5.21. The van der Waals surface area contributed by atoms with Crippen LogP contribution in [0.25, 0.3) is 10.9 Å². The van der Waals surface area contributed by atoms with E-state index in [1.54, 1.807) is 6.07 Å². The molecular weight excluding hydrogens is 287 g/mol. The van der Waals surface area contributed by atoms with E-state index in [9.17, 15) is 4.39 Å². The second-order valence-electron chi connectivity index (χ2n) is 5.29. The Bertz CT molecular complexity index is 779. The van der Waals surface area contributed by atoms with Crippen molar-refractivity contribution in [2.45, 2.75) is 6.04 Å². The summed E-state index contributed by atoms with van der Waals surface area (Å²) in [6.45, 7) is 0. The van der Waals surface area contributed by atoms with Gasteiger partial charge in [0.15, 0.2) is 0 Å². The molecular formula is C17H16ClFN2. The summed E-state index contributed by atoms with van der Waals surface area (Å²) >= 11 is 6.35. The number of hydrogen-bond acceptors (Lipinski definition) is 1. The van der Waals surface area contributed by atoms with Crippen LogP contribution in [0.4, 0.5) is 4.39 Å². The lowest BCUT2D eigenvalue weighted by atomic mass is 9.97. The summed E-state index contributed by atoms with van der Waals surface area (Å²) in [5.74, 6) is -0.211. The first-order chi connectivity index (χ1) is 10.1. The zero-order valence-corrected chi connectivity index (χ0v) is 12.7. The normalized spacial score (nSPS) is 13.0. The monoisotopic (exact) mass is 302 g/mol. The molecule has 3 aromatic rings. The lowest BCUT2D eigenvalue weighted by molar-refractivity contribution is 0.335. The van der Waals surface area contributed by atoms with E-state index in [0.717, 1.165) is 16.5 Å². The Morgan fingerprint density at radius 1 is 1.05 bits per heavy atom. The number of aromatic nitrogens is 1. The second-order valence-corrected chi connectivity index (χ2v) is 5.70. The lowest BCUT2D eigenvalue weighted by Crippen LogP contribution is -2.22. The second kappa shape index (κ2) is 5.51. The lowest BCUT2D eigenvalue weighted by Gasteiger charge is -2.25. The highest BCUT2D eigenvalue weighted by molar-refractivity contribution is 6.35. The Morgan fingerprint density at radius 2 is 1.81 bits per heavy atom. The predicted molar refractivity (Wildman–Crippen MR) is 85.2 cm³/mol. The van der Waals surface area contributed by atoms with Crippen LogP contribution < -0.4 is 0 Å². The van der Waals surface area contributed by atoms with E-state index in [-0.39, 0.29) is 11.9 Å². The number of H-pyrrole nitrogens is 1. The van der Waals surface area contributed by atoms with Gasteiger partial charge in [-0.1, -0.05) is 35.9 Å². The number of nitrogens with zero attached hydrogens (tertiary/aromatic N) is 1. The average Bonchev–Trinajstić information content (AvgIpc) is 2.86. The molecule has 0 amide bonds. The third kappa shape index (κ3) is 2.43. The van der Waals surface area contributed by atoms with E-state index in [0.29, 0.717) is 10.6 Å². The molecule has 1 heterocycles. The number of aromatic amines is 1. The minimum Gasteiger partial charge on any atom is -0.361 e. The van der Waals surface area contributed by atoms with Crippen molar-refractivity contribution in [2.24, 2.45) is 0 Å². The maximum Gasteiger partial charge on any atom is 0.128 e. The molecule has 21 heavy (non-hydrogen) atoms. The molecule has 0 fully saturated rings. The largest absolute Gasteiger partial charge is 0.361 e. The van der Waals surface area contributed by atoms with Crippen LogP contribution in [0.15, 0.2) is 48.7 Å². The molecule has 4 heteroatoms. The Hall–Kier alpha value is -1.84. The van der Waals surface area contributed by atoms with Crippen LogP contribution in [-0.2, 0) is 0 Å². The quantitative estimate of drug-likeness (QED) is 0.748. The first-order valence-corrected chi connectivity index (χ1v) is 7.13. The summed E-state index contributed by atoms with van der Waals surface area (Å²) in [7, 11) is 3.87. The van der Waals surface area contributed by atoms with Gasteiger partial charge in [-0.15, -0.1) is 0 Å². The Morgan fingerprint density at radius 3 is 2.52 bits per heavy atom. The molecule has 1 unspecified atom stereocenters. The number of nitrogens with one attached hydrogen (secondary N) is 1.